The zero-order chi connectivity index (χ0) is 18.6. The van der Waals surface area contributed by atoms with E-state index >= 15 is 0 Å². The molecule has 0 aliphatic rings. The third-order valence-corrected chi connectivity index (χ3v) is 4.72. The van der Waals surface area contributed by atoms with Crippen LogP contribution in [0.4, 0.5) is 9.39 Å². The smallest absolute Gasteiger partial charge is 0.341 e. The van der Waals surface area contributed by atoms with Crippen molar-refractivity contribution in [3.05, 3.63) is 46.1 Å². The fourth-order valence-electron chi connectivity index (χ4n) is 2.15. The predicted molar refractivity (Wildman–Crippen MR) is 94.9 cm³/mol. The summed E-state index contributed by atoms with van der Waals surface area (Å²) in [6.07, 6.45) is -0.816. The first-order chi connectivity index (χ1) is 11.8. The Labute approximate surface area is 149 Å². The van der Waals surface area contributed by atoms with E-state index in [4.69, 9.17) is 9.47 Å². The average Bonchev–Trinajstić information content (AvgIpc) is 2.84. The molecule has 0 aliphatic heterocycles. The van der Waals surface area contributed by atoms with Gasteiger partial charge in [0.05, 0.1) is 12.2 Å². The van der Waals surface area contributed by atoms with E-state index in [1.54, 1.807) is 13.8 Å². The number of carbonyl (C=O) groups is 2. The summed E-state index contributed by atoms with van der Waals surface area (Å²) < 4.78 is 23.5. The van der Waals surface area contributed by atoms with Gasteiger partial charge in [-0.15, -0.1) is 11.3 Å². The molecule has 7 heteroatoms. The van der Waals surface area contributed by atoms with Crippen LogP contribution in [0.2, 0.25) is 0 Å². The van der Waals surface area contributed by atoms with Crippen molar-refractivity contribution >= 4 is 28.2 Å². The van der Waals surface area contributed by atoms with E-state index < -0.39 is 18.0 Å². The molecule has 0 spiro atoms. The second-order valence-electron chi connectivity index (χ2n) is 5.41. The van der Waals surface area contributed by atoms with Gasteiger partial charge in [0, 0.05) is 4.88 Å². The molecule has 2 aromatic rings. The Morgan fingerprint density at radius 2 is 1.88 bits per heavy atom. The minimum absolute atomic E-state index is 0.255. The van der Waals surface area contributed by atoms with E-state index in [0.29, 0.717) is 16.3 Å². The Hall–Kier alpha value is -2.41. The van der Waals surface area contributed by atoms with Gasteiger partial charge in [-0.3, -0.25) is 4.79 Å². The third-order valence-electron chi connectivity index (χ3n) is 3.60. The van der Waals surface area contributed by atoms with Gasteiger partial charge in [0.1, 0.15) is 16.6 Å². The fourth-order valence-corrected chi connectivity index (χ4v) is 3.20. The maximum atomic E-state index is 12.9. The lowest BCUT2D eigenvalue weighted by molar-refractivity contribution is -0.122. The van der Waals surface area contributed by atoms with Gasteiger partial charge in [-0.05, 0) is 57.5 Å². The van der Waals surface area contributed by atoms with Crippen LogP contribution in [0, 0.1) is 19.7 Å². The highest BCUT2D eigenvalue weighted by molar-refractivity contribution is 7.16. The quantitative estimate of drug-likeness (QED) is 0.783. The van der Waals surface area contributed by atoms with Gasteiger partial charge in [-0.2, -0.15) is 0 Å². The number of amides is 1. The average molecular weight is 365 g/mol. The van der Waals surface area contributed by atoms with Crippen LogP contribution in [0.5, 0.6) is 5.75 Å². The van der Waals surface area contributed by atoms with E-state index in [1.807, 2.05) is 13.8 Å². The highest BCUT2D eigenvalue weighted by Crippen LogP contribution is 2.33. The first-order valence-corrected chi connectivity index (χ1v) is 8.65. The molecule has 1 heterocycles. The van der Waals surface area contributed by atoms with Gasteiger partial charge < -0.3 is 14.8 Å². The molecule has 0 saturated carbocycles. The molecular formula is C18H20FNO4S. The van der Waals surface area contributed by atoms with Gasteiger partial charge in [-0.1, -0.05) is 0 Å². The van der Waals surface area contributed by atoms with Crippen LogP contribution in [0.25, 0.3) is 0 Å². The normalized spacial score (nSPS) is 11.7. The number of carbonyl (C=O) groups excluding carboxylic acids is 2. The lowest BCUT2D eigenvalue weighted by Crippen LogP contribution is -2.30. The van der Waals surface area contributed by atoms with Crippen molar-refractivity contribution in [3.8, 4) is 5.75 Å². The maximum Gasteiger partial charge on any atom is 0.341 e. The second kappa shape index (κ2) is 8.11. The molecule has 1 atom stereocenters. The Bertz CT molecular complexity index is 770. The number of ether oxygens (including phenoxy) is 2. The molecule has 25 heavy (non-hydrogen) atoms. The van der Waals surface area contributed by atoms with Crippen molar-refractivity contribution in [1.29, 1.82) is 0 Å². The number of nitrogens with one attached hydrogen (secondary N) is 1. The van der Waals surface area contributed by atoms with Crippen molar-refractivity contribution in [2.24, 2.45) is 0 Å². The van der Waals surface area contributed by atoms with Crippen LogP contribution in [0.3, 0.4) is 0 Å². The molecule has 5 nitrogen and oxygen atoms in total. The molecular weight excluding hydrogens is 345 g/mol. The van der Waals surface area contributed by atoms with Gasteiger partial charge in [0.15, 0.2) is 6.10 Å². The number of anilines is 1. The molecule has 2 rings (SSSR count). The molecule has 0 saturated heterocycles. The summed E-state index contributed by atoms with van der Waals surface area (Å²) in [5, 5.41) is 3.16. The third kappa shape index (κ3) is 4.57. The molecule has 0 unspecified atom stereocenters. The summed E-state index contributed by atoms with van der Waals surface area (Å²) in [6.45, 7) is 7.24. The maximum absolute atomic E-state index is 12.9. The second-order valence-corrected chi connectivity index (χ2v) is 6.64. The van der Waals surface area contributed by atoms with E-state index in [0.717, 1.165) is 10.4 Å². The Balaban J connectivity index is 2.13. The first-order valence-electron chi connectivity index (χ1n) is 7.83. The monoisotopic (exact) mass is 365 g/mol. The van der Waals surface area contributed by atoms with E-state index in [-0.39, 0.29) is 12.4 Å². The zero-order valence-electron chi connectivity index (χ0n) is 14.5. The first kappa shape index (κ1) is 18.9. The summed E-state index contributed by atoms with van der Waals surface area (Å²) in [6, 6.07) is 5.40. The standard InChI is InChI=1S/C18H20FNO4S/c1-5-23-18(22)15-10(2)12(4)25-17(15)20-16(21)11(3)24-14-8-6-13(19)7-9-14/h6-9,11H,5H2,1-4H3,(H,20,21)/t11-/m1/s1. The number of halogens is 1. The minimum atomic E-state index is -0.816. The van der Waals surface area contributed by atoms with Crippen molar-refractivity contribution in [1.82, 2.24) is 0 Å². The lowest BCUT2D eigenvalue weighted by atomic mass is 10.1. The minimum Gasteiger partial charge on any atom is -0.481 e. The summed E-state index contributed by atoms with van der Waals surface area (Å²) in [4.78, 5) is 25.4. The van der Waals surface area contributed by atoms with Gasteiger partial charge in [0.25, 0.3) is 5.91 Å². The van der Waals surface area contributed by atoms with Crippen LogP contribution in [0.15, 0.2) is 24.3 Å². The van der Waals surface area contributed by atoms with Crippen LogP contribution in [0.1, 0.15) is 34.6 Å². The van der Waals surface area contributed by atoms with E-state index in [1.165, 1.54) is 35.6 Å². The van der Waals surface area contributed by atoms with Crippen LogP contribution in [-0.4, -0.2) is 24.6 Å². The van der Waals surface area contributed by atoms with Crippen molar-refractivity contribution < 1.29 is 23.5 Å². The van der Waals surface area contributed by atoms with Crippen LogP contribution in [-0.2, 0) is 9.53 Å². The number of hydrogen-bond acceptors (Lipinski definition) is 5. The molecule has 1 amide bonds. The summed E-state index contributed by atoms with van der Waals surface area (Å²) >= 11 is 1.31. The molecule has 0 radical (unpaired) electrons. The molecule has 0 aliphatic carbocycles. The zero-order valence-corrected chi connectivity index (χ0v) is 15.3. The van der Waals surface area contributed by atoms with Gasteiger partial charge in [0.2, 0.25) is 0 Å². The van der Waals surface area contributed by atoms with Crippen molar-refractivity contribution in [2.75, 3.05) is 11.9 Å². The topological polar surface area (TPSA) is 64.6 Å². The highest BCUT2D eigenvalue weighted by Gasteiger charge is 2.24. The number of rotatable bonds is 6. The highest BCUT2D eigenvalue weighted by atomic mass is 32.1. The van der Waals surface area contributed by atoms with Gasteiger partial charge >= 0.3 is 5.97 Å². The van der Waals surface area contributed by atoms with Crippen LogP contribution < -0.4 is 10.1 Å². The Morgan fingerprint density at radius 1 is 1.24 bits per heavy atom. The molecule has 1 aromatic carbocycles. The number of hydrogen-bond donors (Lipinski definition) is 1. The van der Waals surface area contributed by atoms with Crippen molar-refractivity contribution in [2.45, 2.75) is 33.8 Å². The number of benzene rings is 1. The molecule has 134 valence electrons. The number of esters is 1. The van der Waals surface area contributed by atoms with E-state index in [2.05, 4.69) is 5.32 Å². The molecule has 1 N–H and O–H groups in total. The SMILES string of the molecule is CCOC(=O)c1c(NC(=O)[C@@H](C)Oc2ccc(F)cc2)sc(C)c1C. The largest absolute Gasteiger partial charge is 0.481 e. The molecule has 1 aromatic heterocycles. The molecule has 0 bridgehead atoms. The number of aryl methyl sites for hydroxylation is 1. The van der Waals surface area contributed by atoms with Crippen molar-refractivity contribution in [3.63, 3.8) is 0 Å². The Kier molecular flexibility index (Phi) is 6.14. The van der Waals surface area contributed by atoms with Crippen LogP contribution >= 0.6 is 11.3 Å². The summed E-state index contributed by atoms with van der Waals surface area (Å²) in [5.41, 5.74) is 1.15. The number of thiophene rings is 1. The lowest BCUT2D eigenvalue weighted by Gasteiger charge is -2.14. The Morgan fingerprint density at radius 3 is 2.48 bits per heavy atom. The van der Waals surface area contributed by atoms with Gasteiger partial charge in [-0.25, -0.2) is 9.18 Å². The predicted octanol–water partition coefficient (Wildman–Crippen LogP) is 4.09. The summed E-state index contributed by atoms with van der Waals surface area (Å²) in [5.74, 6) is -0.871. The van der Waals surface area contributed by atoms with E-state index in [9.17, 15) is 14.0 Å². The summed E-state index contributed by atoms with van der Waals surface area (Å²) in [7, 11) is 0. The molecule has 0 fully saturated rings. The fraction of sp³-hybridized carbons (Fsp3) is 0.333.